The summed E-state index contributed by atoms with van der Waals surface area (Å²) in [5, 5.41) is 0. The first-order chi connectivity index (χ1) is 6.65. The second-order valence-corrected chi connectivity index (χ2v) is 4.42. The Kier molecular flexibility index (Phi) is 2.23. The molecule has 0 N–H and O–H groups in total. The highest BCUT2D eigenvalue weighted by Crippen LogP contribution is 2.48. The lowest BCUT2D eigenvalue weighted by atomic mass is 9.78. The quantitative estimate of drug-likeness (QED) is 0.717. The molecule has 1 aromatic rings. The Morgan fingerprint density at radius 2 is 2.07 bits per heavy atom. The van der Waals surface area contributed by atoms with Crippen LogP contribution in [0.1, 0.15) is 25.5 Å². The molecule has 2 heteroatoms. The van der Waals surface area contributed by atoms with Crippen LogP contribution in [0.4, 0.5) is 0 Å². The molecule has 1 aliphatic rings. The van der Waals surface area contributed by atoms with Gasteiger partial charge in [-0.1, -0.05) is 32.0 Å². The minimum Gasteiger partial charge on any atom is -0.496 e. The highest BCUT2D eigenvalue weighted by molar-refractivity contribution is 5.37. The molecule has 1 heterocycles. The first-order valence-electron chi connectivity index (χ1n) is 4.90. The lowest BCUT2D eigenvalue weighted by Gasteiger charge is -2.44. The van der Waals surface area contributed by atoms with E-state index in [-0.39, 0.29) is 11.5 Å². The molecule has 0 aliphatic carbocycles. The van der Waals surface area contributed by atoms with Crippen molar-refractivity contribution in [2.24, 2.45) is 5.41 Å². The van der Waals surface area contributed by atoms with E-state index in [1.165, 1.54) is 0 Å². The van der Waals surface area contributed by atoms with Gasteiger partial charge >= 0.3 is 0 Å². The molecule has 2 rings (SSSR count). The van der Waals surface area contributed by atoms with E-state index in [9.17, 15) is 0 Å². The fraction of sp³-hybridized carbons (Fsp3) is 0.500. The number of para-hydroxylation sites is 1. The third-order valence-electron chi connectivity index (χ3n) is 2.75. The van der Waals surface area contributed by atoms with Crippen molar-refractivity contribution in [3.8, 4) is 5.75 Å². The van der Waals surface area contributed by atoms with Gasteiger partial charge in [-0.15, -0.1) is 0 Å². The molecule has 1 fully saturated rings. The first-order valence-corrected chi connectivity index (χ1v) is 4.90. The van der Waals surface area contributed by atoms with Gasteiger partial charge in [-0.2, -0.15) is 0 Å². The summed E-state index contributed by atoms with van der Waals surface area (Å²) < 4.78 is 10.9. The zero-order valence-electron chi connectivity index (χ0n) is 8.91. The van der Waals surface area contributed by atoms with E-state index in [2.05, 4.69) is 19.9 Å². The van der Waals surface area contributed by atoms with Crippen LogP contribution in [0.3, 0.4) is 0 Å². The predicted octanol–water partition coefficient (Wildman–Crippen LogP) is 2.79. The van der Waals surface area contributed by atoms with Gasteiger partial charge in [0.2, 0.25) is 0 Å². The normalized spacial score (nSPS) is 24.1. The molecule has 76 valence electrons. The van der Waals surface area contributed by atoms with Crippen molar-refractivity contribution in [2.45, 2.75) is 20.0 Å². The van der Waals surface area contributed by atoms with Crippen molar-refractivity contribution in [3.05, 3.63) is 29.8 Å². The number of ether oxygens (including phenoxy) is 2. The van der Waals surface area contributed by atoms with E-state index in [0.717, 1.165) is 17.9 Å². The molecular weight excluding hydrogens is 176 g/mol. The maximum absolute atomic E-state index is 5.59. The second-order valence-electron chi connectivity index (χ2n) is 4.42. The summed E-state index contributed by atoms with van der Waals surface area (Å²) in [5.41, 5.74) is 1.39. The van der Waals surface area contributed by atoms with Crippen LogP contribution in [0.15, 0.2) is 24.3 Å². The molecule has 0 amide bonds. The monoisotopic (exact) mass is 192 g/mol. The average molecular weight is 192 g/mol. The first kappa shape index (κ1) is 9.53. The molecule has 0 bridgehead atoms. The summed E-state index contributed by atoms with van der Waals surface area (Å²) in [6, 6.07) is 8.06. The molecule has 1 aromatic carbocycles. The van der Waals surface area contributed by atoms with Crippen LogP contribution in [0, 0.1) is 5.41 Å². The van der Waals surface area contributed by atoms with Crippen LogP contribution in [0.2, 0.25) is 0 Å². The van der Waals surface area contributed by atoms with Gasteiger partial charge in [-0.05, 0) is 6.07 Å². The van der Waals surface area contributed by atoms with E-state index in [0.29, 0.717) is 0 Å². The number of hydrogen-bond acceptors (Lipinski definition) is 2. The summed E-state index contributed by atoms with van der Waals surface area (Å²) in [6.07, 6.45) is 0.179. The van der Waals surface area contributed by atoms with Crippen molar-refractivity contribution in [1.29, 1.82) is 0 Å². The minimum absolute atomic E-state index is 0.179. The van der Waals surface area contributed by atoms with E-state index < -0.39 is 0 Å². The fourth-order valence-corrected chi connectivity index (χ4v) is 1.89. The van der Waals surface area contributed by atoms with Crippen LogP contribution in [-0.4, -0.2) is 13.7 Å². The zero-order valence-corrected chi connectivity index (χ0v) is 8.91. The van der Waals surface area contributed by atoms with Gasteiger partial charge < -0.3 is 9.47 Å². The molecule has 0 radical (unpaired) electrons. The van der Waals surface area contributed by atoms with E-state index >= 15 is 0 Å². The Morgan fingerprint density at radius 3 is 2.57 bits per heavy atom. The third kappa shape index (κ3) is 1.40. The molecule has 0 spiro atoms. The van der Waals surface area contributed by atoms with E-state index in [4.69, 9.17) is 9.47 Å². The Labute approximate surface area is 84.8 Å². The summed E-state index contributed by atoms with van der Waals surface area (Å²) >= 11 is 0. The maximum Gasteiger partial charge on any atom is 0.124 e. The van der Waals surface area contributed by atoms with Crippen molar-refractivity contribution in [3.63, 3.8) is 0 Å². The largest absolute Gasteiger partial charge is 0.496 e. The molecular formula is C12H16O2. The lowest BCUT2D eigenvalue weighted by Crippen LogP contribution is -2.40. The zero-order chi connectivity index (χ0) is 10.2. The summed E-state index contributed by atoms with van der Waals surface area (Å²) in [7, 11) is 1.70. The standard InChI is InChI=1S/C12H16O2/c1-12(2)8-14-11(12)9-6-4-5-7-10(9)13-3/h4-7,11H,8H2,1-3H3/t11-/m1/s1. The molecule has 1 aliphatic heterocycles. The summed E-state index contributed by atoms with van der Waals surface area (Å²) in [4.78, 5) is 0. The number of hydrogen-bond donors (Lipinski definition) is 0. The topological polar surface area (TPSA) is 18.5 Å². The van der Waals surface area contributed by atoms with Gasteiger partial charge in [0, 0.05) is 11.0 Å². The SMILES string of the molecule is COc1ccccc1[C@H]1OCC1(C)C. The average Bonchev–Trinajstić information content (AvgIpc) is 2.17. The number of rotatable bonds is 2. The molecule has 2 nitrogen and oxygen atoms in total. The van der Waals surface area contributed by atoms with Crippen molar-refractivity contribution in [1.82, 2.24) is 0 Å². The molecule has 1 saturated heterocycles. The minimum atomic E-state index is 0.179. The van der Waals surface area contributed by atoms with Crippen molar-refractivity contribution < 1.29 is 9.47 Å². The third-order valence-corrected chi connectivity index (χ3v) is 2.75. The van der Waals surface area contributed by atoms with Crippen molar-refractivity contribution >= 4 is 0 Å². The Bertz CT molecular complexity index is 331. The molecule has 0 aromatic heterocycles. The summed E-state index contributed by atoms with van der Waals surface area (Å²) in [5.74, 6) is 0.922. The Morgan fingerprint density at radius 1 is 1.36 bits per heavy atom. The van der Waals surface area contributed by atoms with Crippen LogP contribution < -0.4 is 4.74 Å². The van der Waals surface area contributed by atoms with Gasteiger partial charge in [-0.25, -0.2) is 0 Å². The van der Waals surface area contributed by atoms with Crippen LogP contribution in [0.5, 0.6) is 5.75 Å². The van der Waals surface area contributed by atoms with E-state index in [1.807, 2.05) is 18.2 Å². The highest BCUT2D eigenvalue weighted by Gasteiger charge is 2.42. The molecule has 1 atom stereocenters. The van der Waals surface area contributed by atoms with E-state index in [1.54, 1.807) is 7.11 Å². The maximum atomic E-state index is 5.59. The van der Waals surface area contributed by atoms with Gasteiger partial charge in [0.05, 0.1) is 19.8 Å². The summed E-state index contributed by atoms with van der Waals surface area (Å²) in [6.45, 7) is 5.26. The fourth-order valence-electron chi connectivity index (χ4n) is 1.89. The Balaban J connectivity index is 2.32. The second kappa shape index (κ2) is 3.28. The van der Waals surface area contributed by atoms with Crippen LogP contribution >= 0.6 is 0 Å². The lowest BCUT2D eigenvalue weighted by molar-refractivity contribution is -0.172. The highest BCUT2D eigenvalue weighted by atomic mass is 16.5. The van der Waals surface area contributed by atoms with Gasteiger partial charge in [0.15, 0.2) is 0 Å². The number of benzene rings is 1. The molecule has 14 heavy (non-hydrogen) atoms. The molecule has 0 saturated carbocycles. The smallest absolute Gasteiger partial charge is 0.124 e. The van der Waals surface area contributed by atoms with Gasteiger partial charge in [-0.3, -0.25) is 0 Å². The molecule has 0 unspecified atom stereocenters. The van der Waals surface area contributed by atoms with Gasteiger partial charge in [0.25, 0.3) is 0 Å². The van der Waals surface area contributed by atoms with Crippen LogP contribution in [-0.2, 0) is 4.74 Å². The van der Waals surface area contributed by atoms with Crippen LogP contribution in [0.25, 0.3) is 0 Å². The Hall–Kier alpha value is -1.02. The van der Waals surface area contributed by atoms with Gasteiger partial charge in [0.1, 0.15) is 5.75 Å². The number of methoxy groups -OCH3 is 1. The van der Waals surface area contributed by atoms with Crippen molar-refractivity contribution in [2.75, 3.05) is 13.7 Å². The predicted molar refractivity (Wildman–Crippen MR) is 55.5 cm³/mol.